The standard InChI is InChI=1S/C19H29Cl2N3O4SSi.C13H15Cl2N3O2S.ClH/c1-13-17(19(21)24(22-13)12-28-9-10-30(4,5)6)18(25)14-7-8-16(15(20)11-14)29(26,27)23(2)3;1-8-10(13(15)17-16-8)6-9-4-5-12(11(14)7-9)21(19,20)18(2)3;/h7-8,11,18,25H,9-10,12H2,1-6H3;4-5,7H,6H2,1-3H3,(H,16,17);1H. The minimum atomic E-state index is -3.69. The molecule has 52 heavy (non-hydrogen) atoms. The zero-order chi connectivity index (χ0) is 38.6. The van der Waals surface area contributed by atoms with Crippen LogP contribution in [0.25, 0.3) is 0 Å². The number of aromatic nitrogens is 4. The molecule has 12 nitrogen and oxygen atoms in total. The van der Waals surface area contributed by atoms with Crippen molar-refractivity contribution in [3.05, 3.63) is 90.4 Å². The first kappa shape index (κ1) is 46.4. The minimum absolute atomic E-state index is 0. The summed E-state index contributed by atoms with van der Waals surface area (Å²) in [5.41, 5.74) is 4.02. The number of ether oxygens (including phenoxy) is 1. The summed E-state index contributed by atoms with van der Waals surface area (Å²) in [4.78, 5) is 0.0624. The van der Waals surface area contributed by atoms with Gasteiger partial charge in [-0.1, -0.05) is 78.2 Å². The molecule has 1 atom stereocenters. The number of benzene rings is 2. The van der Waals surface area contributed by atoms with Gasteiger partial charge in [-0.15, -0.1) is 12.4 Å². The monoisotopic (exact) mass is 876 g/mol. The van der Waals surface area contributed by atoms with Crippen molar-refractivity contribution in [1.29, 1.82) is 0 Å². The van der Waals surface area contributed by atoms with Gasteiger partial charge in [-0.05, 0) is 55.3 Å². The molecule has 2 N–H and O–H groups in total. The van der Waals surface area contributed by atoms with Crippen LogP contribution in [-0.2, 0) is 37.9 Å². The molecule has 0 radical (unpaired) electrons. The average Bonchev–Trinajstić information content (AvgIpc) is 3.49. The Bertz CT molecular complexity index is 2050. The molecule has 290 valence electrons. The topological polar surface area (TPSA) is 151 Å². The van der Waals surface area contributed by atoms with E-state index in [4.69, 9.17) is 51.1 Å². The number of rotatable bonds is 13. The summed E-state index contributed by atoms with van der Waals surface area (Å²) in [6, 6.07) is 10.2. The molecule has 2 aromatic carbocycles. The summed E-state index contributed by atoms with van der Waals surface area (Å²) in [7, 11) is -2.64. The molecule has 0 bridgehead atoms. The van der Waals surface area contributed by atoms with Gasteiger partial charge in [0.15, 0.2) is 5.15 Å². The summed E-state index contributed by atoms with van der Waals surface area (Å²) < 4.78 is 58.3. The van der Waals surface area contributed by atoms with Crippen LogP contribution in [0.2, 0.25) is 46.0 Å². The van der Waals surface area contributed by atoms with E-state index in [0.29, 0.717) is 35.0 Å². The molecule has 0 amide bonds. The van der Waals surface area contributed by atoms with E-state index in [1.54, 1.807) is 19.1 Å². The van der Waals surface area contributed by atoms with E-state index < -0.39 is 34.2 Å². The van der Waals surface area contributed by atoms with Gasteiger partial charge in [0.25, 0.3) is 0 Å². The molecule has 4 aromatic rings. The fourth-order valence-corrected chi connectivity index (χ4v) is 8.83. The van der Waals surface area contributed by atoms with E-state index in [9.17, 15) is 21.9 Å². The van der Waals surface area contributed by atoms with Crippen LogP contribution in [0.15, 0.2) is 46.2 Å². The molecule has 2 aromatic heterocycles. The summed E-state index contributed by atoms with van der Waals surface area (Å²) >= 11 is 24.8. The van der Waals surface area contributed by atoms with Crippen LogP contribution in [0.3, 0.4) is 0 Å². The molecular formula is C32H45Cl5N6O6S2Si. The van der Waals surface area contributed by atoms with Crippen molar-refractivity contribution in [3.8, 4) is 0 Å². The van der Waals surface area contributed by atoms with Crippen molar-refractivity contribution in [3.63, 3.8) is 0 Å². The predicted octanol–water partition coefficient (Wildman–Crippen LogP) is 7.43. The van der Waals surface area contributed by atoms with E-state index in [0.717, 1.165) is 31.5 Å². The number of aromatic amines is 1. The van der Waals surface area contributed by atoms with Gasteiger partial charge in [0, 0.05) is 66.1 Å². The van der Waals surface area contributed by atoms with Gasteiger partial charge in [-0.3, -0.25) is 5.10 Å². The normalized spacial score (nSPS) is 12.8. The molecule has 0 spiro atoms. The van der Waals surface area contributed by atoms with Crippen molar-refractivity contribution in [1.82, 2.24) is 28.6 Å². The fourth-order valence-electron chi connectivity index (χ4n) is 4.64. The Morgan fingerprint density at radius 2 is 1.44 bits per heavy atom. The van der Waals surface area contributed by atoms with Crippen molar-refractivity contribution < 1.29 is 26.7 Å². The highest BCUT2D eigenvalue weighted by molar-refractivity contribution is 7.89. The summed E-state index contributed by atoms with van der Waals surface area (Å²) in [6.45, 7) is 11.3. The Hall–Kier alpha value is -1.73. The highest BCUT2D eigenvalue weighted by Gasteiger charge is 2.26. The Morgan fingerprint density at radius 3 is 1.90 bits per heavy atom. The van der Waals surface area contributed by atoms with Gasteiger partial charge in [-0.2, -0.15) is 10.2 Å². The number of hydrogen-bond acceptors (Lipinski definition) is 8. The minimum Gasteiger partial charge on any atom is -0.383 e. The third kappa shape index (κ3) is 11.4. The third-order valence-corrected chi connectivity index (χ3v) is 14.8. The Kier molecular flexibility index (Phi) is 16.7. The molecule has 20 heteroatoms. The Morgan fingerprint density at radius 1 is 0.904 bits per heavy atom. The van der Waals surface area contributed by atoms with Crippen molar-refractivity contribution in [2.24, 2.45) is 0 Å². The molecule has 0 aliphatic heterocycles. The Labute approximate surface area is 333 Å². The van der Waals surface area contributed by atoms with Gasteiger partial charge in [-0.25, -0.2) is 30.1 Å². The lowest BCUT2D eigenvalue weighted by Gasteiger charge is -2.16. The zero-order valence-corrected chi connectivity index (χ0v) is 36.8. The van der Waals surface area contributed by atoms with Gasteiger partial charge in [0.1, 0.15) is 27.8 Å². The SMILES string of the molecule is Cc1[nH]nc(Cl)c1Cc1ccc(S(=O)(=O)N(C)C)c(Cl)c1.Cc1nn(COCC[Si](C)(C)C)c(Cl)c1C(O)c1ccc(S(=O)(=O)N(C)C)c(Cl)c1.Cl. The van der Waals surface area contributed by atoms with Crippen molar-refractivity contribution in [2.75, 3.05) is 34.8 Å². The number of nitrogens with one attached hydrogen (secondary N) is 1. The number of sulfonamides is 2. The zero-order valence-electron chi connectivity index (χ0n) is 30.3. The van der Waals surface area contributed by atoms with Crippen LogP contribution in [0.5, 0.6) is 0 Å². The second-order valence-corrected chi connectivity index (χ2v) is 24.8. The first-order valence-electron chi connectivity index (χ1n) is 15.6. The van der Waals surface area contributed by atoms with E-state index >= 15 is 0 Å². The van der Waals surface area contributed by atoms with E-state index in [1.807, 2.05) is 6.92 Å². The lowest BCUT2D eigenvalue weighted by atomic mass is 10.0. The first-order chi connectivity index (χ1) is 23.5. The molecule has 1 unspecified atom stereocenters. The maximum absolute atomic E-state index is 12.3. The number of H-pyrrole nitrogens is 1. The number of aliphatic hydroxyl groups excluding tert-OH is 1. The Balaban J connectivity index is 0.000000374. The van der Waals surface area contributed by atoms with Gasteiger partial charge < -0.3 is 9.84 Å². The second-order valence-electron chi connectivity index (χ2n) is 13.4. The largest absolute Gasteiger partial charge is 0.383 e. The van der Waals surface area contributed by atoms with Crippen LogP contribution in [0.1, 0.15) is 39.7 Å². The molecule has 0 saturated carbocycles. The van der Waals surface area contributed by atoms with E-state index in [-0.39, 0.29) is 44.1 Å². The molecule has 0 saturated heterocycles. The molecule has 2 heterocycles. The number of nitrogens with zero attached hydrogens (tertiary/aromatic N) is 5. The maximum atomic E-state index is 12.3. The first-order valence-corrected chi connectivity index (χ1v) is 23.7. The van der Waals surface area contributed by atoms with Crippen LogP contribution >= 0.6 is 58.8 Å². The molecule has 0 aliphatic rings. The van der Waals surface area contributed by atoms with Crippen LogP contribution in [0.4, 0.5) is 0 Å². The quantitative estimate of drug-likeness (QED) is 0.104. The summed E-state index contributed by atoms with van der Waals surface area (Å²) in [5.74, 6) is 0. The molecule has 0 aliphatic carbocycles. The molecule has 4 rings (SSSR count). The highest BCUT2D eigenvalue weighted by atomic mass is 35.5. The highest BCUT2D eigenvalue weighted by Crippen LogP contribution is 2.34. The second kappa shape index (κ2) is 18.7. The van der Waals surface area contributed by atoms with Gasteiger partial charge in [0.05, 0.1) is 15.7 Å². The average molecular weight is 879 g/mol. The number of aliphatic hydroxyl groups is 1. The molecule has 0 fully saturated rings. The number of aryl methyl sites for hydroxylation is 2. The number of halogens is 5. The van der Waals surface area contributed by atoms with Gasteiger partial charge >= 0.3 is 0 Å². The summed E-state index contributed by atoms with van der Waals surface area (Å²) in [6.07, 6.45) is -0.578. The van der Waals surface area contributed by atoms with E-state index in [2.05, 4.69) is 34.9 Å². The fraction of sp³-hybridized carbons (Fsp3) is 0.438. The van der Waals surface area contributed by atoms with E-state index in [1.165, 1.54) is 57.1 Å². The summed E-state index contributed by atoms with van der Waals surface area (Å²) in [5, 5.41) is 22.9. The predicted molar refractivity (Wildman–Crippen MR) is 213 cm³/mol. The number of hydrogen-bond donors (Lipinski definition) is 2. The van der Waals surface area contributed by atoms with Crippen molar-refractivity contribution >= 4 is 86.9 Å². The van der Waals surface area contributed by atoms with Gasteiger partial charge in [0.2, 0.25) is 20.0 Å². The smallest absolute Gasteiger partial charge is 0.244 e. The van der Waals surface area contributed by atoms with Crippen LogP contribution < -0.4 is 0 Å². The molecular weight excluding hydrogens is 834 g/mol. The lowest BCUT2D eigenvalue weighted by Crippen LogP contribution is -2.22. The van der Waals surface area contributed by atoms with Crippen molar-refractivity contribution in [2.45, 2.75) is 68.6 Å². The lowest BCUT2D eigenvalue weighted by molar-refractivity contribution is 0.0784. The van der Waals surface area contributed by atoms with Crippen LogP contribution in [-0.4, -0.2) is 93.4 Å². The van der Waals surface area contributed by atoms with Crippen LogP contribution in [0, 0.1) is 13.8 Å². The third-order valence-electron chi connectivity index (χ3n) is 7.78. The maximum Gasteiger partial charge on any atom is 0.244 e.